The zero-order chi connectivity index (χ0) is 15.0. The fraction of sp³-hybridized carbons (Fsp3) is 0.875. The van der Waals surface area contributed by atoms with E-state index in [9.17, 15) is 0 Å². The maximum Gasteiger partial charge on any atom is 0.150 e. The molecule has 4 nitrogen and oxygen atoms in total. The number of hydrogen-bond donors (Lipinski definition) is 1. The first-order valence-corrected chi connectivity index (χ1v) is 8.14. The molecular weight excluding hydrogens is 248 g/mol. The summed E-state index contributed by atoms with van der Waals surface area (Å²) >= 11 is 0. The molecule has 0 aliphatic carbocycles. The number of nitrogens with zero attached hydrogens (tertiary/aromatic N) is 3. The highest BCUT2D eigenvalue weighted by atomic mass is 15.3. The third-order valence-corrected chi connectivity index (χ3v) is 3.38. The highest BCUT2D eigenvalue weighted by molar-refractivity contribution is 4.92. The monoisotopic (exact) mass is 280 g/mol. The van der Waals surface area contributed by atoms with E-state index >= 15 is 0 Å². The Morgan fingerprint density at radius 3 is 2.30 bits per heavy atom. The van der Waals surface area contributed by atoms with Gasteiger partial charge in [-0.05, 0) is 40.2 Å². The predicted octanol–water partition coefficient (Wildman–Crippen LogP) is 3.35. The van der Waals surface area contributed by atoms with Crippen LogP contribution in [0.4, 0.5) is 0 Å². The van der Waals surface area contributed by atoms with E-state index in [0.29, 0.717) is 0 Å². The average molecular weight is 280 g/mol. The Labute approximate surface area is 124 Å². The Balaban J connectivity index is 2.16. The molecule has 116 valence electrons. The topological polar surface area (TPSA) is 42.7 Å². The molecule has 1 heterocycles. The van der Waals surface area contributed by atoms with Crippen molar-refractivity contribution in [3.05, 3.63) is 11.6 Å². The highest BCUT2D eigenvalue weighted by Crippen LogP contribution is 2.06. The molecule has 0 radical (unpaired) electrons. The molecule has 0 aliphatic rings. The maximum atomic E-state index is 4.56. The van der Waals surface area contributed by atoms with E-state index in [4.69, 9.17) is 0 Å². The Hall–Kier alpha value is -0.900. The molecule has 0 spiro atoms. The van der Waals surface area contributed by atoms with Crippen molar-refractivity contribution in [3.8, 4) is 0 Å². The second kappa shape index (κ2) is 8.40. The molecule has 0 aliphatic heterocycles. The number of hydrogen-bond acceptors (Lipinski definition) is 3. The second-order valence-electron chi connectivity index (χ2n) is 6.47. The van der Waals surface area contributed by atoms with Crippen LogP contribution in [0.2, 0.25) is 0 Å². The van der Waals surface area contributed by atoms with Gasteiger partial charge in [-0.2, -0.15) is 5.10 Å². The van der Waals surface area contributed by atoms with Crippen molar-refractivity contribution in [1.29, 1.82) is 0 Å². The molecule has 0 unspecified atom stereocenters. The van der Waals surface area contributed by atoms with E-state index in [1.807, 2.05) is 0 Å². The fourth-order valence-electron chi connectivity index (χ4n) is 2.22. The second-order valence-corrected chi connectivity index (χ2v) is 6.47. The molecule has 0 bridgehead atoms. The summed E-state index contributed by atoms with van der Waals surface area (Å²) in [6.07, 6.45) is 6.93. The van der Waals surface area contributed by atoms with Crippen LogP contribution in [0.5, 0.6) is 0 Å². The minimum Gasteiger partial charge on any atom is -0.312 e. The molecule has 1 aromatic heterocycles. The molecule has 4 heteroatoms. The number of nitrogens with one attached hydrogen (secondary N) is 1. The third-order valence-electron chi connectivity index (χ3n) is 3.38. The van der Waals surface area contributed by atoms with Crippen LogP contribution < -0.4 is 5.32 Å². The minimum absolute atomic E-state index is 0.243. The minimum atomic E-state index is 0.243. The number of rotatable bonds is 9. The summed E-state index contributed by atoms with van der Waals surface area (Å²) in [5.74, 6) is 2.12. The first-order chi connectivity index (χ1) is 9.46. The Kier molecular flexibility index (Phi) is 7.20. The molecule has 1 N–H and O–H groups in total. The van der Waals surface area contributed by atoms with Crippen LogP contribution in [0.25, 0.3) is 0 Å². The summed E-state index contributed by atoms with van der Waals surface area (Å²) in [7, 11) is 0. The molecule has 0 aromatic carbocycles. The lowest BCUT2D eigenvalue weighted by Gasteiger charge is -2.20. The van der Waals surface area contributed by atoms with Crippen molar-refractivity contribution in [3.63, 3.8) is 0 Å². The van der Waals surface area contributed by atoms with Gasteiger partial charge in [0.05, 0.1) is 0 Å². The lowest BCUT2D eigenvalue weighted by atomic mass is 10.1. The SMILES string of the molecule is CCc1nc(CC)n(CCCCCCNC(C)(C)C)n1. The first kappa shape index (κ1) is 17.2. The van der Waals surface area contributed by atoms with Crippen molar-refractivity contribution >= 4 is 0 Å². The van der Waals surface area contributed by atoms with Gasteiger partial charge in [0.25, 0.3) is 0 Å². The smallest absolute Gasteiger partial charge is 0.150 e. The predicted molar refractivity (Wildman–Crippen MR) is 85.0 cm³/mol. The van der Waals surface area contributed by atoms with Gasteiger partial charge in [-0.15, -0.1) is 0 Å². The van der Waals surface area contributed by atoms with E-state index in [1.54, 1.807) is 0 Å². The fourth-order valence-corrected chi connectivity index (χ4v) is 2.22. The molecule has 1 rings (SSSR count). The molecular formula is C16H32N4. The van der Waals surface area contributed by atoms with Gasteiger partial charge < -0.3 is 5.32 Å². The molecule has 0 saturated heterocycles. The Morgan fingerprint density at radius 2 is 1.70 bits per heavy atom. The molecule has 0 amide bonds. The van der Waals surface area contributed by atoms with E-state index in [0.717, 1.165) is 37.6 Å². The van der Waals surface area contributed by atoms with Gasteiger partial charge in [0, 0.05) is 24.9 Å². The molecule has 0 fully saturated rings. The maximum absolute atomic E-state index is 4.56. The van der Waals surface area contributed by atoms with Gasteiger partial charge in [-0.25, -0.2) is 9.67 Å². The third kappa shape index (κ3) is 6.51. The lowest BCUT2D eigenvalue weighted by molar-refractivity contribution is 0.413. The summed E-state index contributed by atoms with van der Waals surface area (Å²) in [4.78, 5) is 4.54. The van der Waals surface area contributed by atoms with Gasteiger partial charge in [0.15, 0.2) is 5.82 Å². The van der Waals surface area contributed by atoms with Crippen LogP contribution in [-0.2, 0) is 19.4 Å². The molecule has 0 saturated carbocycles. The standard InChI is InChI=1S/C16H32N4/c1-6-14-18-15(7-2)20(19-14)13-11-9-8-10-12-17-16(3,4)5/h17H,6-13H2,1-5H3. The zero-order valence-corrected chi connectivity index (χ0v) is 14.0. The Bertz CT molecular complexity index is 376. The average Bonchev–Trinajstić information content (AvgIpc) is 2.79. The summed E-state index contributed by atoms with van der Waals surface area (Å²) < 4.78 is 2.10. The highest BCUT2D eigenvalue weighted by Gasteiger charge is 2.08. The summed E-state index contributed by atoms with van der Waals surface area (Å²) in [6.45, 7) is 13.1. The normalized spacial score (nSPS) is 12.1. The summed E-state index contributed by atoms with van der Waals surface area (Å²) in [5, 5.41) is 8.09. The van der Waals surface area contributed by atoms with Crippen LogP contribution in [0.3, 0.4) is 0 Å². The van der Waals surface area contributed by atoms with Gasteiger partial charge >= 0.3 is 0 Å². The van der Waals surface area contributed by atoms with Crippen LogP contribution >= 0.6 is 0 Å². The van der Waals surface area contributed by atoms with E-state index in [-0.39, 0.29) is 5.54 Å². The van der Waals surface area contributed by atoms with Crippen molar-refractivity contribution in [2.45, 2.75) is 85.2 Å². The van der Waals surface area contributed by atoms with Crippen molar-refractivity contribution in [2.75, 3.05) is 6.54 Å². The van der Waals surface area contributed by atoms with Crippen molar-refractivity contribution in [2.24, 2.45) is 0 Å². The van der Waals surface area contributed by atoms with Crippen LogP contribution in [0.15, 0.2) is 0 Å². The van der Waals surface area contributed by atoms with E-state index < -0.39 is 0 Å². The van der Waals surface area contributed by atoms with Gasteiger partial charge in [0.2, 0.25) is 0 Å². The molecule has 20 heavy (non-hydrogen) atoms. The Morgan fingerprint density at radius 1 is 1.00 bits per heavy atom. The summed E-state index contributed by atoms with van der Waals surface area (Å²) in [5.41, 5.74) is 0.243. The van der Waals surface area contributed by atoms with Gasteiger partial charge in [0.1, 0.15) is 5.82 Å². The number of aryl methyl sites for hydroxylation is 3. The zero-order valence-electron chi connectivity index (χ0n) is 14.0. The lowest BCUT2D eigenvalue weighted by Crippen LogP contribution is -2.36. The first-order valence-electron chi connectivity index (χ1n) is 8.14. The van der Waals surface area contributed by atoms with E-state index in [2.05, 4.69) is 54.7 Å². The molecule has 0 atom stereocenters. The van der Waals surface area contributed by atoms with E-state index in [1.165, 1.54) is 25.7 Å². The van der Waals surface area contributed by atoms with Crippen molar-refractivity contribution < 1.29 is 0 Å². The number of aromatic nitrogens is 3. The summed E-state index contributed by atoms with van der Waals surface area (Å²) in [6, 6.07) is 0. The van der Waals surface area contributed by atoms with Crippen LogP contribution in [0.1, 0.15) is 72.0 Å². The number of unbranched alkanes of at least 4 members (excludes halogenated alkanes) is 3. The van der Waals surface area contributed by atoms with Gasteiger partial charge in [-0.1, -0.05) is 26.7 Å². The van der Waals surface area contributed by atoms with Crippen LogP contribution in [0, 0.1) is 0 Å². The largest absolute Gasteiger partial charge is 0.312 e. The quantitative estimate of drug-likeness (QED) is 0.705. The molecule has 1 aromatic rings. The van der Waals surface area contributed by atoms with Crippen LogP contribution in [-0.4, -0.2) is 26.8 Å². The van der Waals surface area contributed by atoms with Crippen molar-refractivity contribution in [1.82, 2.24) is 20.1 Å². The van der Waals surface area contributed by atoms with Gasteiger partial charge in [-0.3, -0.25) is 0 Å².